The van der Waals surface area contributed by atoms with Crippen molar-refractivity contribution in [3.05, 3.63) is 68.8 Å². The lowest BCUT2D eigenvalue weighted by Crippen LogP contribution is -2.27. The van der Waals surface area contributed by atoms with E-state index in [1.54, 1.807) is 36.4 Å². The summed E-state index contributed by atoms with van der Waals surface area (Å²) in [7, 11) is 0. The maximum Gasteiger partial charge on any atom is 0.270 e. The van der Waals surface area contributed by atoms with E-state index in [9.17, 15) is 9.18 Å². The van der Waals surface area contributed by atoms with E-state index in [0.717, 1.165) is 5.56 Å². The fourth-order valence-electron chi connectivity index (χ4n) is 2.02. The van der Waals surface area contributed by atoms with Crippen molar-refractivity contribution >= 4 is 69.2 Å². The predicted molar refractivity (Wildman–Crippen MR) is 98.5 cm³/mol. The van der Waals surface area contributed by atoms with Gasteiger partial charge in [-0.25, -0.2) is 4.39 Å². The second-order valence-corrected chi connectivity index (χ2v) is 7.16. The minimum atomic E-state index is -0.328. The maximum atomic E-state index is 12.9. The quantitative estimate of drug-likeness (QED) is 0.501. The molecule has 0 bridgehead atoms. The Morgan fingerprint density at radius 1 is 1.09 bits per heavy atom. The molecule has 1 saturated heterocycles. The highest BCUT2D eigenvalue weighted by molar-refractivity contribution is 8.27. The van der Waals surface area contributed by atoms with Gasteiger partial charge in [-0.1, -0.05) is 59.3 Å². The molecule has 2 aromatic carbocycles. The van der Waals surface area contributed by atoms with E-state index >= 15 is 0 Å². The topological polar surface area (TPSA) is 20.3 Å². The number of hydrogen-bond donors (Lipinski definition) is 0. The van der Waals surface area contributed by atoms with Gasteiger partial charge in [0.2, 0.25) is 0 Å². The third kappa shape index (κ3) is 3.43. The van der Waals surface area contributed by atoms with E-state index in [-0.39, 0.29) is 11.7 Å². The van der Waals surface area contributed by atoms with Crippen LogP contribution in [0, 0.1) is 5.82 Å². The third-order valence-corrected chi connectivity index (χ3v) is 5.16. The number of rotatable bonds is 2. The Labute approximate surface area is 151 Å². The SMILES string of the molecule is O=C1/C(=C/c2ccc(F)cc2)SC(=S)N1c1ccc(Cl)c(Cl)c1. The zero-order chi connectivity index (χ0) is 16.6. The van der Waals surface area contributed by atoms with Crippen molar-refractivity contribution in [2.24, 2.45) is 0 Å². The van der Waals surface area contributed by atoms with E-state index in [2.05, 4.69) is 0 Å². The fraction of sp³-hybridized carbons (Fsp3) is 0. The Morgan fingerprint density at radius 3 is 2.43 bits per heavy atom. The summed E-state index contributed by atoms with van der Waals surface area (Å²) < 4.78 is 13.4. The first-order valence-electron chi connectivity index (χ1n) is 6.44. The highest BCUT2D eigenvalue weighted by atomic mass is 35.5. The van der Waals surface area contributed by atoms with Gasteiger partial charge in [-0.3, -0.25) is 9.69 Å². The van der Waals surface area contributed by atoms with Crippen LogP contribution >= 0.6 is 47.2 Å². The highest BCUT2D eigenvalue weighted by Gasteiger charge is 2.33. The Kier molecular flexibility index (Phi) is 4.73. The number of benzene rings is 2. The van der Waals surface area contributed by atoms with Crippen LogP contribution in [0.2, 0.25) is 10.0 Å². The molecule has 2 nitrogen and oxygen atoms in total. The van der Waals surface area contributed by atoms with Crippen LogP contribution in [0.5, 0.6) is 0 Å². The first-order chi connectivity index (χ1) is 11.0. The number of carbonyl (C=O) groups is 1. The summed E-state index contributed by atoms with van der Waals surface area (Å²) in [5.74, 6) is -0.576. The Bertz CT molecular complexity index is 836. The van der Waals surface area contributed by atoms with Crippen molar-refractivity contribution in [2.45, 2.75) is 0 Å². The van der Waals surface area contributed by atoms with Gasteiger partial charge in [0.1, 0.15) is 5.82 Å². The number of amides is 1. The average Bonchev–Trinajstić information content (AvgIpc) is 2.79. The minimum absolute atomic E-state index is 0.247. The van der Waals surface area contributed by atoms with Crippen molar-refractivity contribution < 1.29 is 9.18 Å². The molecule has 0 atom stereocenters. The molecular weight excluding hydrogens is 376 g/mol. The standard InChI is InChI=1S/C16H8Cl2FNOS2/c17-12-6-5-11(8-13(12)18)20-15(21)14(23-16(20)22)7-9-1-3-10(19)4-2-9/h1-8H/b14-7-. The van der Waals surface area contributed by atoms with Gasteiger partial charge in [-0.2, -0.15) is 0 Å². The number of carbonyl (C=O) groups excluding carboxylic acids is 1. The molecule has 23 heavy (non-hydrogen) atoms. The molecule has 0 saturated carbocycles. The van der Waals surface area contributed by atoms with Gasteiger partial charge in [0.15, 0.2) is 4.32 Å². The number of thioether (sulfide) groups is 1. The molecule has 1 fully saturated rings. The first-order valence-corrected chi connectivity index (χ1v) is 8.42. The number of halogens is 3. The molecule has 2 aromatic rings. The second-order valence-electron chi connectivity index (χ2n) is 4.67. The van der Waals surface area contributed by atoms with Crippen LogP contribution in [-0.2, 0) is 4.79 Å². The fourth-order valence-corrected chi connectivity index (χ4v) is 3.62. The summed E-state index contributed by atoms with van der Waals surface area (Å²) in [5.41, 5.74) is 1.28. The predicted octanol–water partition coefficient (Wildman–Crippen LogP) is 5.54. The average molecular weight is 384 g/mol. The van der Waals surface area contributed by atoms with Crippen LogP contribution in [0.1, 0.15) is 5.56 Å². The van der Waals surface area contributed by atoms with Gasteiger partial charge < -0.3 is 0 Å². The van der Waals surface area contributed by atoms with Crippen LogP contribution < -0.4 is 4.90 Å². The molecular formula is C16H8Cl2FNOS2. The van der Waals surface area contributed by atoms with Crippen LogP contribution in [-0.4, -0.2) is 10.2 Å². The van der Waals surface area contributed by atoms with E-state index in [0.29, 0.717) is 25.0 Å². The lowest BCUT2D eigenvalue weighted by molar-refractivity contribution is -0.113. The summed E-state index contributed by atoms with van der Waals surface area (Å²) in [4.78, 5) is 14.4. The van der Waals surface area contributed by atoms with Crippen molar-refractivity contribution in [3.8, 4) is 0 Å². The largest absolute Gasteiger partial charge is 0.270 e. The monoisotopic (exact) mass is 383 g/mol. The summed E-state index contributed by atoms with van der Waals surface area (Å²) in [6.07, 6.45) is 1.68. The van der Waals surface area contributed by atoms with Crippen molar-refractivity contribution in [2.75, 3.05) is 4.90 Å². The molecule has 0 spiro atoms. The number of nitrogens with zero attached hydrogens (tertiary/aromatic N) is 1. The van der Waals surface area contributed by atoms with Crippen LogP contribution in [0.15, 0.2) is 47.4 Å². The summed E-state index contributed by atoms with van der Waals surface area (Å²) in [6, 6.07) is 10.8. The van der Waals surface area contributed by atoms with Crippen molar-refractivity contribution in [1.29, 1.82) is 0 Å². The maximum absolute atomic E-state index is 12.9. The minimum Gasteiger partial charge on any atom is -0.268 e. The third-order valence-electron chi connectivity index (χ3n) is 3.12. The van der Waals surface area contributed by atoms with Crippen LogP contribution in [0.4, 0.5) is 10.1 Å². The molecule has 3 rings (SSSR count). The summed E-state index contributed by atoms with van der Waals surface area (Å²) in [6.45, 7) is 0. The Morgan fingerprint density at radius 2 is 1.78 bits per heavy atom. The Hall–Kier alpha value is -1.40. The van der Waals surface area contributed by atoms with Gasteiger partial charge in [0.05, 0.1) is 20.6 Å². The van der Waals surface area contributed by atoms with Crippen LogP contribution in [0.25, 0.3) is 6.08 Å². The molecule has 1 amide bonds. The lowest BCUT2D eigenvalue weighted by Gasteiger charge is -2.15. The van der Waals surface area contributed by atoms with E-state index in [1.165, 1.54) is 28.8 Å². The van der Waals surface area contributed by atoms with E-state index < -0.39 is 0 Å². The molecule has 0 N–H and O–H groups in total. The van der Waals surface area contributed by atoms with Gasteiger partial charge >= 0.3 is 0 Å². The number of anilines is 1. The van der Waals surface area contributed by atoms with Gasteiger partial charge in [0, 0.05) is 0 Å². The first kappa shape index (κ1) is 16.5. The molecule has 1 heterocycles. The molecule has 0 unspecified atom stereocenters. The zero-order valence-corrected chi connectivity index (χ0v) is 14.6. The smallest absolute Gasteiger partial charge is 0.268 e. The lowest BCUT2D eigenvalue weighted by atomic mass is 10.2. The van der Waals surface area contributed by atoms with E-state index in [4.69, 9.17) is 35.4 Å². The molecule has 7 heteroatoms. The van der Waals surface area contributed by atoms with Gasteiger partial charge in [-0.15, -0.1) is 0 Å². The molecule has 0 aliphatic carbocycles. The van der Waals surface area contributed by atoms with Gasteiger partial charge in [0.25, 0.3) is 5.91 Å². The van der Waals surface area contributed by atoms with Crippen molar-refractivity contribution in [3.63, 3.8) is 0 Å². The zero-order valence-electron chi connectivity index (χ0n) is 11.4. The second kappa shape index (κ2) is 6.61. The molecule has 0 aromatic heterocycles. The van der Waals surface area contributed by atoms with Gasteiger partial charge in [-0.05, 0) is 42.0 Å². The van der Waals surface area contributed by atoms with Crippen molar-refractivity contribution in [1.82, 2.24) is 0 Å². The number of hydrogen-bond acceptors (Lipinski definition) is 3. The molecule has 116 valence electrons. The van der Waals surface area contributed by atoms with Crippen LogP contribution in [0.3, 0.4) is 0 Å². The summed E-state index contributed by atoms with van der Waals surface area (Å²) >= 11 is 18.4. The van der Waals surface area contributed by atoms with E-state index in [1.807, 2.05) is 0 Å². The normalized spacial score (nSPS) is 16.5. The Balaban J connectivity index is 1.93. The highest BCUT2D eigenvalue weighted by Crippen LogP contribution is 2.37. The molecule has 1 aliphatic heterocycles. The summed E-state index contributed by atoms with van der Waals surface area (Å²) in [5, 5.41) is 0.753. The molecule has 0 radical (unpaired) electrons. The molecule has 1 aliphatic rings. The number of thiocarbonyl (C=S) groups is 1.